The van der Waals surface area contributed by atoms with Crippen LogP contribution in [0.3, 0.4) is 0 Å². The van der Waals surface area contributed by atoms with Crippen LogP contribution in [0.4, 0.5) is 0 Å². The van der Waals surface area contributed by atoms with Crippen LogP contribution in [0.2, 0.25) is 10.4 Å². The number of hydrogen-bond donors (Lipinski definition) is 0. The van der Waals surface area contributed by atoms with Gasteiger partial charge in [-0.3, -0.25) is 0 Å². The Morgan fingerprint density at radius 1 is 1.33 bits per heavy atom. The zero-order valence-electron chi connectivity index (χ0n) is 5.33. The highest BCUT2D eigenvalue weighted by Crippen LogP contribution is 2.22. The summed E-state index contributed by atoms with van der Waals surface area (Å²) < 4.78 is 21.4. The maximum absolute atomic E-state index is 10.7. The number of aromatic nitrogens is 2. The minimum Gasteiger partial charge on any atom is -0.225 e. The monoisotopic (exact) mass is 246 g/mol. The summed E-state index contributed by atoms with van der Waals surface area (Å²) >= 11 is 10.7. The molecule has 0 fully saturated rings. The highest BCUT2D eigenvalue weighted by atomic mass is 35.7. The molecule has 8 heteroatoms. The van der Waals surface area contributed by atoms with E-state index in [9.17, 15) is 8.42 Å². The number of hydrogen-bond acceptors (Lipinski definition) is 4. The lowest BCUT2D eigenvalue weighted by Gasteiger charge is -1.96. The standard InChI is InChI=1S/C4HCl3N2O2S/c5-3-2(12(7,10)11)1-8-4(6)9-3/h1H. The summed E-state index contributed by atoms with van der Waals surface area (Å²) in [5, 5.41) is -0.422. The Hall–Kier alpha value is -0.100. The highest BCUT2D eigenvalue weighted by molar-refractivity contribution is 8.13. The van der Waals surface area contributed by atoms with Crippen molar-refractivity contribution in [3.05, 3.63) is 16.6 Å². The molecule has 0 N–H and O–H groups in total. The molecule has 0 spiro atoms. The van der Waals surface area contributed by atoms with Crippen LogP contribution in [0.25, 0.3) is 0 Å². The summed E-state index contributed by atoms with van der Waals surface area (Å²) in [6, 6.07) is 0. The fourth-order valence-corrected chi connectivity index (χ4v) is 1.99. The van der Waals surface area contributed by atoms with Crippen molar-refractivity contribution in [1.29, 1.82) is 0 Å². The third-order valence-corrected chi connectivity index (χ3v) is 2.85. The van der Waals surface area contributed by atoms with Gasteiger partial charge in [-0.25, -0.2) is 18.4 Å². The van der Waals surface area contributed by atoms with E-state index >= 15 is 0 Å². The van der Waals surface area contributed by atoms with Crippen LogP contribution in [-0.4, -0.2) is 18.4 Å². The first kappa shape index (κ1) is 9.98. The molecule has 0 bridgehead atoms. The zero-order valence-corrected chi connectivity index (χ0v) is 8.41. The molecule has 0 aliphatic heterocycles. The van der Waals surface area contributed by atoms with Gasteiger partial charge in [0, 0.05) is 10.7 Å². The molecule has 12 heavy (non-hydrogen) atoms. The largest absolute Gasteiger partial charge is 0.265 e. The van der Waals surface area contributed by atoms with Crippen molar-refractivity contribution in [2.45, 2.75) is 4.90 Å². The lowest BCUT2D eigenvalue weighted by atomic mass is 10.7. The lowest BCUT2D eigenvalue weighted by molar-refractivity contribution is 0.609. The number of rotatable bonds is 1. The Kier molecular flexibility index (Phi) is 2.77. The van der Waals surface area contributed by atoms with E-state index in [2.05, 4.69) is 9.97 Å². The Labute approximate surface area is 82.9 Å². The third-order valence-electron chi connectivity index (χ3n) is 0.945. The van der Waals surface area contributed by atoms with E-state index in [0.29, 0.717) is 0 Å². The lowest BCUT2D eigenvalue weighted by Crippen LogP contribution is -1.95. The van der Waals surface area contributed by atoms with E-state index in [1.165, 1.54) is 0 Å². The van der Waals surface area contributed by atoms with Gasteiger partial charge in [-0.2, -0.15) is 0 Å². The number of halogens is 3. The van der Waals surface area contributed by atoms with Gasteiger partial charge < -0.3 is 0 Å². The Bertz CT molecular complexity index is 405. The fraction of sp³-hybridized carbons (Fsp3) is 0. The van der Waals surface area contributed by atoms with E-state index in [4.69, 9.17) is 33.9 Å². The van der Waals surface area contributed by atoms with Gasteiger partial charge in [-0.05, 0) is 11.6 Å². The van der Waals surface area contributed by atoms with Crippen molar-refractivity contribution in [1.82, 2.24) is 9.97 Å². The predicted octanol–water partition coefficient (Wildman–Crippen LogP) is 1.71. The first-order valence-electron chi connectivity index (χ1n) is 2.54. The van der Waals surface area contributed by atoms with Crippen molar-refractivity contribution in [2.75, 3.05) is 0 Å². The van der Waals surface area contributed by atoms with Crippen molar-refractivity contribution < 1.29 is 8.42 Å². The number of nitrogens with zero attached hydrogens (tertiary/aromatic N) is 2. The van der Waals surface area contributed by atoms with Gasteiger partial charge in [0.1, 0.15) is 4.90 Å². The molecule has 0 aliphatic carbocycles. The van der Waals surface area contributed by atoms with Crippen LogP contribution >= 0.6 is 33.9 Å². The Morgan fingerprint density at radius 3 is 2.33 bits per heavy atom. The highest BCUT2D eigenvalue weighted by Gasteiger charge is 2.16. The summed E-state index contributed by atoms with van der Waals surface area (Å²) in [5.74, 6) is 0. The second-order valence-electron chi connectivity index (χ2n) is 1.73. The smallest absolute Gasteiger partial charge is 0.225 e. The molecule has 4 nitrogen and oxygen atoms in total. The van der Waals surface area contributed by atoms with E-state index in [1.807, 2.05) is 0 Å². The molecule has 1 heterocycles. The van der Waals surface area contributed by atoms with Crippen molar-refractivity contribution in [3.63, 3.8) is 0 Å². The topological polar surface area (TPSA) is 59.9 Å². The average molecular weight is 247 g/mol. The van der Waals surface area contributed by atoms with Gasteiger partial charge in [0.2, 0.25) is 5.28 Å². The summed E-state index contributed by atoms with van der Waals surface area (Å²) in [7, 11) is 1.09. The molecule has 1 rings (SSSR count). The molecular weight excluding hydrogens is 246 g/mol. The predicted molar refractivity (Wildman–Crippen MR) is 45.1 cm³/mol. The molecule has 0 amide bonds. The molecule has 1 aromatic heterocycles. The van der Waals surface area contributed by atoms with Crippen LogP contribution in [0.5, 0.6) is 0 Å². The Morgan fingerprint density at radius 2 is 1.92 bits per heavy atom. The quantitative estimate of drug-likeness (QED) is 0.431. The Balaban J connectivity index is 3.39. The normalized spacial score (nSPS) is 11.6. The van der Waals surface area contributed by atoms with E-state index in [1.54, 1.807) is 0 Å². The summed E-state index contributed by atoms with van der Waals surface area (Å²) in [6.45, 7) is 0. The minimum atomic E-state index is -3.89. The molecule has 0 unspecified atom stereocenters. The second-order valence-corrected chi connectivity index (χ2v) is 4.96. The van der Waals surface area contributed by atoms with E-state index in [0.717, 1.165) is 6.20 Å². The van der Waals surface area contributed by atoms with Crippen LogP contribution in [0, 0.1) is 0 Å². The maximum atomic E-state index is 10.7. The van der Waals surface area contributed by atoms with Crippen LogP contribution in [-0.2, 0) is 9.05 Å². The third kappa shape index (κ3) is 2.20. The summed E-state index contributed by atoms with van der Waals surface area (Å²) in [5.41, 5.74) is 0. The van der Waals surface area contributed by atoms with E-state index in [-0.39, 0.29) is 15.3 Å². The molecule has 0 aromatic carbocycles. The van der Waals surface area contributed by atoms with Crippen molar-refractivity contribution in [2.24, 2.45) is 0 Å². The molecule has 66 valence electrons. The van der Waals surface area contributed by atoms with Gasteiger partial charge in [-0.1, -0.05) is 11.6 Å². The molecule has 0 radical (unpaired) electrons. The van der Waals surface area contributed by atoms with Crippen LogP contribution < -0.4 is 0 Å². The van der Waals surface area contributed by atoms with E-state index < -0.39 is 9.05 Å². The average Bonchev–Trinajstić information content (AvgIpc) is 1.83. The first-order valence-corrected chi connectivity index (χ1v) is 5.60. The minimum absolute atomic E-state index is 0.135. The van der Waals surface area contributed by atoms with Gasteiger partial charge in [-0.15, -0.1) is 0 Å². The van der Waals surface area contributed by atoms with Gasteiger partial charge in [0.25, 0.3) is 9.05 Å². The van der Waals surface area contributed by atoms with Gasteiger partial charge in [0.05, 0.1) is 6.20 Å². The second kappa shape index (κ2) is 3.33. The van der Waals surface area contributed by atoms with Gasteiger partial charge in [0.15, 0.2) is 5.15 Å². The van der Waals surface area contributed by atoms with Crippen LogP contribution in [0.15, 0.2) is 11.1 Å². The summed E-state index contributed by atoms with van der Waals surface area (Å²) in [4.78, 5) is 6.46. The molecule has 0 saturated carbocycles. The molecular formula is C4HCl3N2O2S. The van der Waals surface area contributed by atoms with Gasteiger partial charge >= 0.3 is 0 Å². The molecule has 0 saturated heterocycles. The van der Waals surface area contributed by atoms with Crippen LogP contribution in [0.1, 0.15) is 0 Å². The molecule has 0 aliphatic rings. The molecule has 0 atom stereocenters. The maximum Gasteiger partial charge on any atom is 0.265 e. The summed E-state index contributed by atoms with van der Waals surface area (Å²) in [6.07, 6.45) is 0.944. The van der Waals surface area contributed by atoms with Crippen molar-refractivity contribution in [3.8, 4) is 0 Å². The molecule has 1 aromatic rings. The SMILES string of the molecule is O=S(=O)(Cl)c1cnc(Cl)nc1Cl. The van der Waals surface area contributed by atoms with Crippen molar-refractivity contribution >= 4 is 42.9 Å². The zero-order chi connectivity index (χ0) is 9.35. The first-order chi connectivity index (χ1) is 5.41. The fourth-order valence-electron chi connectivity index (χ4n) is 0.494.